The van der Waals surface area contributed by atoms with Crippen molar-refractivity contribution in [3.8, 4) is 16.9 Å². The van der Waals surface area contributed by atoms with E-state index in [0.29, 0.717) is 24.4 Å². The maximum Gasteiger partial charge on any atom is 0.253 e. The van der Waals surface area contributed by atoms with E-state index in [0.717, 1.165) is 16.9 Å². The molecule has 0 spiro atoms. The van der Waals surface area contributed by atoms with Gasteiger partial charge in [-0.05, 0) is 18.2 Å². The maximum absolute atomic E-state index is 12.6. The summed E-state index contributed by atoms with van der Waals surface area (Å²) in [6.45, 7) is 0.438. The molecule has 7 nitrogen and oxygen atoms in total. The number of aromatic nitrogens is 5. The van der Waals surface area contributed by atoms with Crippen LogP contribution in [-0.2, 0) is 6.42 Å². The minimum absolute atomic E-state index is 0.163. The molecule has 0 atom stereocenters. The summed E-state index contributed by atoms with van der Waals surface area (Å²) in [5.74, 6) is 0.525. The fourth-order valence-electron chi connectivity index (χ4n) is 2.89. The first-order valence-electron chi connectivity index (χ1n) is 8.91. The van der Waals surface area contributed by atoms with E-state index >= 15 is 0 Å². The summed E-state index contributed by atoms with van der Waals surface area (Å²) in [5, 5.41) is 10.5. The number of carbonyl (C=O) groups is 1. The van der Waals surface area contributed by atoms with E-state index < -0.39 is 0 Å². The monoisotopic (exact) mass is 370 g/mol. The zero-order chi connectivity index (χ0) is 19.2. The summed E-state index contributed by atoms with van der Waals surface area (Å²) in [4.78, 5) is 21.5. The molecule has 0 bridgehead atoms. The molecule has 0 aliphatic rings. The summed E-state index contributed by atoms with van der Waals surface area (Å²) >= 11 is 0. The number of amides is 1. The van der Waals surface area contributed by atoms with E-state index in [-0.39, 0.29) is 5.91 Å². The number of hydrogen-bond acceptors (Lipinski definition) is 5. The van der Waals surface area contributed by atoms with Crippen molar-refractivity contribution in [2.45, 2.75) is 6.42 Å². The van der Waals surface area contributed by atoms with Crippen LogP contribution in [0.5, 0.6) is 0 Å². The molecule has 0 saturated carbocycles. The lowest BCUT2D eigenvalue weighted by Gasteiger charge is -2.10. The predicted molar refractivity (Wildman–Crippen MR) is 105 cm³/mol. The van der Waals surface area contributed by atoms with Crippen LogP contribution in [0.15, 0.2) is 79.5 Å². The average molecular weight is 370 g/mol. The highest BCUT2D eigenvalue weighted by molar-refractivity contribution is 5.97. The molecule has 2 aromatic heterocycles. The Hall–Kier alpha value is -3.87. The van der Waals surface area contributed by atoms with Crippen molar-refractivity contribution in [3.05, 3.63) is 90.9 Å². The first kappa shape index (κ1) is 17.5. The van der Waals surface area contributed by atoms with E-state index in [1.165, 1.54) is 0 Å². The van der Waals surface area contributed by atoms with Gasteiger partial charge in [-0.1, -0.05) is 42.5 Å². The van der Waals surface area contributed by atoms with Crippen molar-refractivity contribution in [2.24, 2.45) is 0 Å². The van der Waals surface area contributed by atoms with E-state index in [4.69, 9.17) is 0 Å². The smallest absolute Gasteiger partial charge is 0.253 e. The molecular weight excluding hydrogens is 352 g/mol. The molecule has 2 aromatic carbocycles. The molecular formula is C21H18N6O. The molecule has 0 unspecified atom stereocenters. The highest BCUT2D eigenvalue weighted by atomic mass is 16.1. The Balaban J connectivity index is 1.42. The molecule has 4 rings (SSSR count). The summed E-state index contributed by atoms with van der Waals surface area (Å²) in [6.07, 6.45) is 5.42. The summed E-state index contributed by atoms with van der Waals surface area (Å²) in [6, 6.07) is 19.2. The van der Waals surface area contributed by atoms with E-state index in [1.54, 1.807) is 29.5 Å². The third kappa shape index (κ3) is 3.93. The van der Waals surface area contributed by atoms with Gasteiger partial charge >= 0.3 is 0 Å². The van der Waals surface area contributed by atoms with Gasteiger partial charge < -0.3 is 5.32 Å². The third-order valence-electron chi connectivity index (χ3n) is 4.25. The van der Waals surface area contributed by atoms with Gasteiger partial charge in [-0.25, -0.2) is 9.97 Å². The summed E-state index contributed by atoms with van der Waals surface area (Å²) < 4.78 is 1.71. The minimum Gasteiger partial charge on any atom is -0.352 e. The quantitative estimate of drug-likeness (QED) is 0.564. The van der Waals surface area contributed by atoms with Gasteiger partial charge in [0.1, 0.15) is 18.5 Å². The molecule has 0 aliphatic carbocycles. The Kier molecular flexibility index (Phi) is 5.15. The van der Waals surface area contributed by atoms with Crippen LogP contribution in [0, 0.1) is 0 Å². The SMILES string of the molecule is O=C(NCCc1nccc(-c2ccccc2)n1)c1ccccc1-n1cnnc1. The summed E-state index contributed by atoms with van der Waals surface area (Å²) in [5.41, 5.74) is 3.20. The largest absolute Gasteiger partial charge is 0.352 e. The van der Waals surface area contributed by atoms with Gasteiger partial charge in [0.15, 0.2) is 0 Å². The van der Waals surface area contributed by atoms with E-state index in [2.05, 4.69) is 25.5 Å². The second-order valence-corrected chi connectivity index (χ2v) is 6.12. The Morgan fingerprint density at radius 3 is 2.50 bits per heavy atom. The fourth-order valence-corrected chi connectivity index (χ4v) is 2.89. The lowest BCUT2D eigenvalue weighted by atomic mass is 10.1. The van der Waals surface area contributed by atoms with Gasteiger partial charge in [0, 0.05) is 24.7 Å². The number of benzene rings is 2. The molecule has 7 heteroatoms. The Morgan fingerprint density at radius 1 is 0.929 bits per heavy atom. The number of para-hydroxylation sites is 1. The van der Waals surface area contributed by atoms with Crippen molar-refractivity contribution in [2.75, 3.05) is 6.54 Å². The summed E-state index contributed by atoms with van der Waals surface area (Å²) in [7, 11) is 0. The second-order valence-electron chi connectivity index (χ2n) is 6.12. The number of nitrogens with zero attached hydrogens (tertiary/aromatic N) is 5. The normalized spacial score (nSPS) is 10.6. The van der Waals surface area contributed by atoms with Crippen LogP contribution in [0.2, 0.25) is 0 Å². The number of nitrogens with one attached hydrogen (secondary N) is 1. The van der Waals surface area contributed by atoms with E-state index in [1.807, 2.05) is 54.6 Å². The van der Waals surface area contributed by atoms with Crippen LogP contribution in [0.25, 0.3) is 16.9 Å². The predicted octanol–water partition coefficient (Wildman–Crippen LogP) is 2.70. The van der Waals surface area contributed by atoms with Crippen LogP contribution in [0.4, 0.5) is 0 Å². The second kappa shape index (κ2) is 8.22. The van der Waals surface area contributed by atoms with Crippen molar-refractivity contribution in [1.29, 1.82) is 0 Å². The van der Waals surface area contributed by atoms with Crippen molar-refractivity contribution in [3.63, 3.8) is 0 Å². The fraction of sp³-hybridized carbons (Fsp3) is 0.0952. The maximum atomic E-state index is 12.6. The molecule has 1 amide bonds. The topological polar surface area (TPSA) is 85.6 Å². The molecule has 1 N–H and O–H groups in total. The lowest BCUT2D eigenvalue weighted by molar-refractivity contribution is 0.0954. The highest BCUT2D eigenvalue weighted by Crippen LogP contribution is 2.16. The number of rotatable bonds is 6. The Morgan fingerprint density at radius 2 is 1.68 bits per heavy atom. The van der Waals surface area contributed by atoms with Gasteiger partial charge in [0.05, 0.1) is 16.9 Å². The van der Waals surface area contributed by atoms with Crippen molar-refractivity contribution >= 4 is 5.91 Å². The van der Waals surface area contributed by atoms with Crippen LogP contribution in [0.1, 0.15) is 16.2 Å². The molecule has 138 valence electrons. The van der Waals surface area contributed by atoms with E-state index in [9.17, 15) is 4.79 Å². The number of carbonyl (C=O) groups excluding carboxylic acids is 1. The van der Waals surface area contributed by atoms with Crippen molar-refractivity contribution in [1.82, 2.24) is 30.0 Å². The first-order chi connectivity index (χ1) is 13.8. The molecule has 4 aromatic rings. The molecule has 0 fully saturated rings. The van der Waals surface area contributed by atoms with Crippen LogP contribution >= 0.6 is 0 Å². The Labute approximate surface area is 162 Å². The lowest BCUT2D eigenvalue weighted by Crippen LogP contribution is -2.27. The van der Waals surface area contributed by atoms with Gasteiger partial charge in [0.25, 0.3) is 5.91 Å². The van der Waals surface area contributed by atoms with Crippen molar-refractivity contribution < 1.29 is 4.79 Å². The molecule has 2 heterocycles. The van der Waals surface area contributed by atoms with Gasteiger partial charge in [-0.2, -0.15) is 0 Å². The van der Waals surface area contributed by atoms with Gasteiger partial charge in [-0.3, -0.25) is 9.36 Å². The zero-order valence-electron chi connectivity index (χ0n) is 15.1. The third-order valence-corrected chi connectivity index (χ3v) is 4.25. The van der Waals surface area contributed by atoms with Crippen LogP contribution in [-0.4, -0.2) is 37.2 Å². The standard InChI is InChI=1S/C21H18N6O/c28-21(17-8-4-5-9-19(17)27-14-24-25-15-27)23-13-11-20-22-12-10-18(26-20)16-6-2-1-3-7-16/h1-10,12,14-15H,11,13H2,(H,23,28). The first-order valence-corrected chi connectivity index (χ1v) is 8.91. The molecule has 0 aliphatic heterocycles. The van der Waals surface area contributed by atoms with Crippen LogP contribution in [0.3, 0.4) is 0 Å². The Bertz CT molecular complexity index is 1060. The highest BCUT2D eigenvalue weighted by Gasteiger charge is 2.12. The number of hydrogen-bond donors (Lipinski definition) is 1. The zero-order valence-corrected chi connectivity index (χ0v) is 15.1. The average Bonchev–Trinajstić information content (AvgIpc) is 3.29. The van der Waals surface area contributed by atoms with Crippen LogP contribution < -0.4 is 5.32 Å². The van der Waals surface area contributed by atoms with Gasteiger partial charge in [-0.15, -0.1) is 10.2 Å². The molecule has 0 radical (unpaired) electrons. The molecule has 0 saturated heterocycles. The van der Waals surface area contributed by atoms with Gasteiger partial charge in [0.2, 0.25) is 0 Å². The minimum atomic E-state index is -0.163. The molecule has 28 heavy (non-hydrogen) atoms.